The van der Waals surface area contributed by atoms with Gasteiger partial charge in [-0.2, -0.15) is 0 Å². The van der Waals surface area contributed by atoms with Gasteiger partial charge < -0.3 is 14.4 Å². The molecule has 0 aliphatic carbocycles. The van der Waals surface area contributed by atoms with Crippen LogP contribution < -0.4 is 0 Å². The van der Waals surface area contributed by atoms with Crippen LogP contribution in [0, 0.1) is 5.21 Å². The number of likely N-dealkylation sites (tertiary alicyclic amines) is 1. The van der Waals surface area contributed by atoms with Gasteiger partial charge in [-0.25, -0.2) is 9.53 Å². The molecule has 0 bridgehead atoms. The van der Waals surface area contributed by atoms with E-state index >= 15 is 0 Å². The number of amides is 1. The fourth-order valence-electron chi connectivity index (χ4n) is 3.18. The van der Waals surface area contributed by atoms with E-state index in [-0.39, 0.29) is 23.7 Å². The summed E-state index contributed by atoms with van der Waals surface area (Å²) in [6.07, 6.45) is 1.67. The Bertz CT molecular complexity index is 751. The Balaban J connectivity index is 2.20. The Morgan fingerprint density at radius 3 is 2.33 bits per heavy atom. The van der Waals surface area contributed by atoms with Crippen molar-refractivity contribution in [3.05, 3.63) is 41.1 Å². The smallest absolute Gasteiger partial charge is 0.411 e. The number of hydrogen-bond acceptors (Lipinski definition) is 4. The van der Waals surface area contributed by atoms with Crippen LogP contribution in [0.25, 0.3) is 0 Å². The van der Waals surface area contributed by atoms with Crippen molar-refractivity contribution in [3.63, 3.8) is 0 Å². The molecule has 7 heteroatoms. The molecule has 1 fully saturated rings. The molecule has 1 aromatic rings. The van der Waals surface area contributed by atoms with E-state index in [1.165, 1.54) is 0 Å². The van der Waals surface area contributed by atoms with Gasteiger partial charge in [0.05, 0.1) is 6.10 Å². The van der Waals surface area contributed by atoms with Crippen LogP contribution in [0.1, 0.15) is 53.5 Å². The second-order valence-electron chi connectivity index (χ2n) is 10.6. The van der Waals surface area contributed by atoms with Gasteiger partial charge in [-0.3, -0.25) is 4.90 Å². The number of hydroxylamine groups is 1. The van der Waals surface area contributed by atoms with Gasteiger partial charge in [-0.05, 0) is 38.9 Å². The molecule has 1 aliphatic rings. The third-order valence-electron chi connectivity index (χ3n) is 5.72. The normalized spacial score (nSPS) is 21.1. The number of hydrogen-bond donors (Lipinski definition) is 0. The minimum absolute atomic E-state index is 0.0728. The molecule has 1 amide bonds. The largest absolute Gasteiger partial charge is 0.624 e. The first kappa shape index (κ1) is 24.4. The molecular weight excluding hydrogens is 396 g/mol. The predicted octanol–water partition coefficient (Wildman–Crippen LogP) is 5.17. The highest BCUT2D eigenvalue weighted by Gasteiger charge is 2.45. The maximum Gasteiger partial charge on any atom is 0.411 e. The van der Waals surface area contributed by atoms with Gasteiger partial charge in [0.15, 0.2) is 21.1 Å². The number of carbonyl (C=O) groups excluding carboxylic acids is 1. The summed E-state index contributed by atoms with van der Waals surface area (Å²) >= 11 is 0. The van der Waals surface area contributed by atoms with Gasteiger partial charge >= 0.3 is 6.09 Å². The molecule has 1 saturated heterocycles. The zero-order valence-corrected chi connectivity index (χ0v) is 20.8. The molecule has 0 aromatic heterocycles. The monoisotopic (exact) mass is 434 g/mol. The second-order valence-corrected chi connectivity index (χ2v) is 15.4. The van der Waals surface area contributed by atoms with Crippen molar-refractivity contribution >= 4 is 20.6 Å². The Hall–Kier alpha value is -1.86. The van der Waals surface area contributed by atoms with Crippen LogP contribution in [-0.4, -0.2) is 54.6 Å². The molecule has 1 aromatic carbocycles. The van der Waals surface area contributed by atoms with Crippen LogP contribution in [0.5, 0.6) is 0 Å². The summed E-state index contributed by atoms with van der Waals surface area (Å²) in [6, 6.07) is 9.23. The quantitative estimate of drug-likeness (QED) is 0.211. The summed E-state index contributed by atoms with van der Waals surface area (Å²) in [7, 11) is -2.00. The maximum absolute atomic E-state index is 12.8. The van der Waals surface area contributed by atoms with E-state index in [2.05, 4.69) is 33.9 Å². The molecule has 1 heterocycles. The number of rotatable bonds is 5. The van der Waals surface area contributed by atoms with Crippen molar-refractivity contribution in [2.24, 2.45) is 0 Å². The molecular formula is C23H38N2O4Si. The summed E-state index contributed by atoms with van der Waals surface area (Å²) in [6.45, 7) is 17.2. The zero-order valence-electron chi connectivity index (χ0n) is 19.8. The molecule has 0 radical (unpaired) electrons. The van der Waals surface area contributed by atoms with Gasteiger partial charge in [-0.15, -0.1) is 0 Å². The molecule has 6 nitrogen and oxygen atoms in total. The summed E-state index contributed by atoms with van der Waals surface area (Å²) in [4.78, 5) is 14.5. The lowest BCUT2D eigenvalue weighted by molar-refractivity contribution is -0.472. The first-order valence-corrected chi connectivity index (χ1v) is 13.6. The average Bonchev–Trinajstić information content (AvgIpc) is 2.94. The Kier molecular flexibility index (Phi) is 7.40. The average molecular weight is 435 g/mol. The number of benzene rings is 1. The Morgan fingerprint density at radius 1 is 1.20 bits per heavy atom. The van der Waals surface area contributed by atoms with Crippen LogP contribution in [0.4, 0.5) is 4.79 Å². The maximum atomic E-state index is 12.8. The lowest BCUT2D eigenvalue weighted by atomic mass is 10.2. The molecule has 168 valence electrons. The van der Waals surface area contributed by atoms with E-state index < -0.39 is 20.0 Å². The molecule has 0 N–H and O–H groups in total. The van der Waals surface area contributed by atoms with Gasteiger partial charge in [0.25, 0.3) is 0 Å². The highest BCUT2D eigenvalue weighted by atomic mass is 28.4. The van der Waals surface area contributed by atoms with Gasteiger partial charge in [0.1, 0.15) is 11.6 Å². The van der Waals surface area contributed by atoms with Crippen molar-refractivity contribution in [1.29, 1.82) is 0 Å². The number of nitrogens with zero attached hydrogens (tertiary/aromatic N) is 2. The van der Waals surface area contributed by atoms with Crippen molar-refractivity contribution in [1.82, 2.24) is 4.90 Å². The standard InChI is InChI=1S/C23H38N2O4Si/c1-22(2,3)28-21(26)25-17-20(29-30(7,8)23(4,5)6)14-19(25)16-24(27)15-18-12-10-9-11-13-18/h9-13,16,19-20H,14-15,17H2,1-8H3/b24-16-/t19-,20-/m1/s1. The predicted molar refractivity (Wildman–Crippen MR) is 123 cm³/mol. The van der Waals surface area contributed by atoms with Crippen LogP contribution in [-0.2, 0) is 15.7 Å². The molecule has 0 saturated carbocycles. The first-order valence-electron chi connectivity index (χ1n) is 10.7. The minimum atomic E-state index is -2.00. The molecule has 2 rings (SSSR count). The number of carbonyl (C=O) groups is 1. The molecule has 0 unspecified atom stereocenters. The topological polar surface area (TPSA) is 64.8 Å². The van der Waals surface area contributed by atoms with Gasteiger partial charge in [0, 0.05) is 18.5 Å². The summed E-state index contributed by atoms with van der Waals surface area (Å²) in [5.41, 5.74) is 0.334. The highest BCUT2D eigenvalue weighted by Crippen LogP contribution is 2.39. The lowest BCUT2D eigenvalue weighted by Crippen LogP contribution is -2.45. The summed E-state index contributed by atoms with van der Waals surface area (Å²) < 4.78 is 13.1. The van der Waals surface area contributed by atoms with Gasteiger partial charge in [-0.1, -0.05) is 51.1 Å². The van der Waals surface area contributed by atoms with E-state index in [1.54, 1.807) is 11.1 Å². The fourth-order valence-corrected chi connectivity index (χ4v) is 4.54. The Labute approximate surface area is 182 Å². The fraction of sp³-hybridized carbons (Fsp3) is 0.652. The van der Waals surface area contributed by atoms with Gasteiger partial charge in [0.2, 0.25) is 0 Å². The molecule has 1 aliphatic heterocycles. The van der Waals surface area contributed by atoms with Crippen molar-refractivity contribution < 1.29 is 18.7 Å². The molecule has 2 atom stereocenters. The van der Waals surface area contributed by atoms with Crippen LogP contribution in [0.2, 0.25) is 18.1 Å². The highest BCUT2D eigenvalue weighted by molar-refractivity contribution is 6.74. The van der Waals surface area contributed by atoms with Crippen LogP contribution in [0.15, 0.2) is 30.3 Å². The first-order chi connectivity index (χ1) is 13.7. The van der Waals surface area contributed by atoms with Crippen molar-refractivity contribution in [2.75, 3.05) is 6.54 Å². The minimum Gasteiger partial charge on any atom is -0.624 e. The van der Waals surface area contributed by atoms with E-state index in [0.29, 0.717) is 13.0 Å². The number of ether oxygens (including phenoxy) is 1. The van der Waals surface area contributed by atoms with E-state index in [9.17, 15) is 10.0 Å². The lowest BCUT2D eigenvalue weighted by Gasteiger charge is -2.38. The summed E-state index contributed by atoms with van der Waals surface area (Å²) in [5, 5.41) is 12.7. The van der Waals surface area contributed by atoms with Crippen LogP contribution in [0.3, 0.4) is 0 Å². The third-order valence-corrected chi connectivity index (χ3v) is 10.3. The zero-order chi connectivity index (χ0) is 22.7. The van der Waals surface area contributed by atoms with E-state index in [0.717, 1.165) is 10.3 Å². The van der Waals surface area contributed by atoms with E-state index in [4.69, 9.17) is 9.16 Å². The van der Waals surface area contributed by atoms with E-state index in [1.807, 2.05) is 51.1 Å². The van der Waals surface area contributed by atoms with Crippen molar-refractivity contribution in [2.45, 2.75) is 90.4 Å². The second kappa shape index (κ2) is 9.10. The van der Waals surface area contributed by atoms with Crippen molar-refractivity contribution in [3.8, 4) is 0 Å². The summed E-state index contributed by atoms with van der Waals surface area (Å²) in [5.74, 6) is 0. The Morgan fingerprint density at radius 2 is 1.80 bits per heavy atom. The molecule has 0 spiro atoms. The SMILES string of the molecule is CC(C)(C)OC(=O)N1C[C@H](O[Si](C)(C)C(C)(C)C)C[C@@H]1/C=[N+](\[O-])Cc1ccccc1. The third kappa shape index (κ3) is 6.84. The molecule has 30 heavy (non-hydrogen) atoms. The van der Waals surface area contributed by atoms with Crippen LogP contribution >= 0.6 is 0 Å².